The van der Waals surface area contributed by atoms with Gasteiger partial charge < -0.3 is 9.84 Å². The second-order valence-electron chi connectivity index (χ2n) is 8.43. The van der Waals surface area contributed by atoms with Gasteiger partial charge in [0.15, 0.2) is 0 Å². The molecule has 1 aliphatic carbocycles. The first-order chi connectivity index (χ1) is 12.8. The second-order valence-corrected chi connectivity index (χ2v) is 8.43. The molecule has 1 aromatic carbocycles. The van der Waals surface area contributed by atoms with Gasteiger partial charge >= 0.3 is 0 Å². The van der Waals surface area contributed by atoms with Gasteiger partial charge in [-0.15, -0.1) is 0 Å². The molecule has 2 aliphatic heterocycles. The average molecular weight is 359 g/mol. The smallest absolute Gasteiger partial charge is 0.0702 e. The normalized spacial score (nSPS) is 25.2. The van der Waals surface area contributed by atoms with E-state index in [4.69, 9.17) is 4.74 Å². The molecule has 26 heavy (non-hydrogen) atoms. The Kier molecular flexibility index (Phi) is 6.26. The zero-order valence-corrected chi connectivity index (χ0v) is 16.0. The van der Waals surface area contributed by atoms with E-state index >= 15 is 0 Å². The van der Waals surface area contributed by atoms with E-state index < -0.39 is 0 Å². The van der Waals surface area contributed by atoms with Gasteiger partial charge in [-0.2, -0.15) is 0 Å². The van der Waals surface area contributed by atoms with Crippen molar-refractivity contribution < 1.29 is 9.84 Å². The molecule has 144 valence electrons. The number of aliphatic hydroxyl groups is 1. The lowest BCUT2D eigenvalue weighted by molar-refractivity contribution is 0.0504. The lowest BCUT2D eigenvalue weighted by atomic mass is 9.94. The Morgan fingerprint density at radius 1 is 1.04 bits per heavy atom. The molecule has 0 aromatic heterocycles. The van der Waals surface area contributed by atoms with Gasteiger partial charge in [-0.05, 0) is 68.7 Å². The van der Waals surface area contributed by atoms with Crippen molar-refractivity contribution in [3.63, 3.8) is 0 Å². The fourth-order valence-electron chi connectivity index (χ4n) is 5.13. The molecule has 1 N–H and O–H groups in total. The summed E-state index contributed by atoms with van der Waals surface area (Å²) in [4.78, 5) is 5.18. The van der Waals surface area contributed by atoms with E-state index in [2.05, 4.69) is 34.1 Å². The first-order valence-electron chi connectivity index (χ1n) is 10.6. The minimum absolute atomic E-state index is 0.256. The zero-order chi connectivity index (χ0) is 17.8. The molecule has 1 atom stereocenters. The van der Waals surface area contributed by atoms with Crippen LogP contribution in [0.3, 0.4) is 0 Å². The highest BCUT2D eigenvalue weighted by Gasteiger charge is 2.30. The van der Waals surface area contributed by atoms with Crippen LogP contribution in [0.25, 0.3) is 0 Å². The first-order valence-corrected chi connectivity index (χ1v) is 10.6. The Bertz CT molecular complexity index is 540. The molecule has 2 saturated heterocycles. The molecule has 0 saturated carbocycles. The number of hydrogen-bond donors (Lipinski definition) is 1. The molecule has 1 unspecified atom stereocenters. The molecule has 2 fully saturated rings. The first kappa shape index (κ1) is 18.4. The van der Waals surface area contributed by atoms with E-state index in [1.54, 1.807) is 11.1 Å². The van der Waals surface area contributed by atoms with Crippen molar-refractivity contribution in [2.45, 2.75) is 50.7 Å². The maximum atomic E-state index is 9.42. The number of nitrogens with zero attached hydrogens (tertiary/aromatic N) is 2. The summed E-state index contributed by atoms with van der Waals surface area (Å²) in [7, 11) is 0. The summed E-state index contributed by atoms with van der Waals surface area (Å²) in [5.74, 6) is 0.767. The van der Waals surface area contributed by atoms with Crippen LogP contribution in [-0.4, -0.2) is 73.0 Å². The SMILES string of the molecule is OCCN(CC1CCN(C2Cc3ccccc3C2)CC1)CC1CCCO1. The predicted molar refractivity (Wildman–Crippen MR) is 104 cm³/mol. The number of fused-ring (bicyclic) bond motifs is 1. The van der Waals surface area contributed by atoms with Crippen molar-refractivity contribution in [1.82, 2.24) is 9.80 Å². The Morgan fingerprint density at radius 2 is 1.77 bits per heavy atom. The van der Waals surface area contributed by atoms with Crippen LogP contribution in [0, 0.1) is 5.92 Å². The lowest BCUT2D eigenvalue weighted by Gasteiger charge is -2.38. The van der Waals surface area contributed by atoms with Crippen molar-refractivity contribution in [2.24, 2.45) is 5.92 Å². The van der Waals surface area contributed by atoms with E-state index in [9.17, 15) is 5.11 Å². The topological polar surface area (TPSA) is 35.9 Å². The van der Waals surface area contributed by atoms with Crippen LogP contribution < -0.4 is 0 Å². The quantitative estimate of drug-likeness (QED) is 0.812. The maximum Gasteiger partial charge on any atom is 0.0702 e. The van der Waals surface area contributed by atoms with Crippen molar-refractivity contribution >= 4 is 0 Å². The summed E-state index contributed by atoms with van der Waals surface area (Å²) in [5.41, 5.74) is 3.12. The van der Waals surface area contributed by atoms with Gasteiger partial charge in [0, 0.05) is 32.3 Å². The Hall–Kier alpha value is -0.940. The summed E-state index contributed by atoms with van der Waals surface area (Å²) < 4.78 is 5.80. The third-order valence-corrected chi connectivity index (χ3v) is 6.61. The number of ether oxygens (including phenoxy) is 1. The Balaban J connectivity index is 1.24. The lowest BCUT2D eigenvalue weighted by Crippen LogP contribution is -2.45. The van der Waals surface area contributed by atoms with Crippen LogP contribution in [0.4, 0.5) is 0 Å². The molecule has 0 spiro atoms. The number of hydrogen-bond acceptors (Lipinski definition) is 4. The van der Waals surface area contributed by atoms with Crippen molar-refractivity contribution in [2.75, 3.05) is 45.9 Å². The van der Waals surface area contributed by atoms with Gasteiger partial charge in [0.2, 0.25) is 0 Å². The molecular weight excluding hydrogens is 324 g/mol. The molecule has 2 heterocycles. The van der Waals surface area contributed by atoms with E-state index in [1.807, 2.05) is 0 Å². The van der Waals surface area contributed by atoms with Crippen molar-refractivity contribution in [3.8, 4) is 0 Å². The number of benzene rings is 1. The van der Waals surface area contributed by atoms with Crippen LogP contribution in [0.5, 0.6) is 0 Å². The summed E-state index contributed by atoms with van der Waals surface area (Å²) in [6.45, 7) is 6.55. The second kappa shape index (κ2) is 8.83. The molecule has 0 amide bonds. The van der Waals surface area contributed by atoms with Gasteiger partial charge in [-0.3, -0.25) is 9.80 Å². The standard InChI is InChI=1S/C22H34N2O2/c25-12-11-23(17-22-6-3-13-26-22)16-18-7-9-24(10-8-18)21-14-19-4-1-2-5-20(19)15-21/h1-2,4-5,18,21-22,25H,3,6-17H2. The minimum atomic E-state index is 0.256. The van der Waals surface area contributed by atoms with E-state index in [-0.39, 0.29) is 6.61 Å². The molecule has 4 nitrogen and oxygen atoms in total. The third kappa shape index (κ3) is 4.48. The largest absolute Gasteiger partial charge is 0.395 e. The van der Waals surface area contributed by atoms with Gasteiger partial charge in [0.05, 0.1) is 12.7 Å². The van der Waals surface area contributed by atoms with Crippen molar-refractivity contribution in [1.29, 1.82) is 0 Å². The summed E-state index contributed by atoms with van der Waals surface area (Å²) in [5, 5.41) is 9.42. The monoisotopic (exact) mass is 358 g/mol. The number of likely N-dealkylation sites (tertiary alicyclic amines) is 1. The van der Waals surface area contributed by atoms with Crippen LogP contribution in [-0.2, 0) is 17.6 Å². The maximum absolute atomic E-state index is 9.42. The number of aliphatic hydroxyl groups excluding tert-OH is 1. The summed E-state index contributed by atoms with van der Waals surface area (Å²) in [6, 6.07) is 9.68. The van der Waals surface area contributed by atoms with Gasteiger partial charge in [0.25, 0.3) is 0 Å². The molecule has 0 bridgehead atoms. The number of piperidine rings is 1. The third-order valence-electron chi connectivity index (χ3n) is 6.61. The van der Waals surface area contributed by atoms with E-state index in [0.717, 1.165) is 32.2 Å². The highest BCUT2D eigenvalue weighted by atomic mass is 16.5. The van der Waals surface area contributed by atoms with Crippen LogP contribution >= 0.6 is 0 Å². The van der Waals surface area contributed by atoms with Crippen LogP contribution in [0.15, 0.2) is 24.3 Å². The highest BCUT2D eigenvalue weighted by Crippen LogP contribution is 2.29. The molecule has 4 heteroatoms. The van der Waals surface area contributed by atoms with E-state index in [0.29, 0.717) is 12.1 Å². The zero-order valence-electron chi connectivity index (χ0n) is 16.0. The molecule has 4 rings (SSSR count). The molecule has 0 radical (unpaired) electrons. The molecule has 1 aromatic rings. The highest BCUT2D eigenvalue weighted by molar-refractivity contribution is 5.33. The van der Waals surface area contributed by atoms with Crippen LogP contribution in [0.1, 0.15) is 36.8 Å². The van der Waals surface area contributed by atoms with E-state index in [1.165, 1.54) is 51.6 Å². The summed E-state index contributed by atoms with van der Waals surface area (Å²) >= 11 is 0. The fraction of sp³-hybridized carbons (Fsp3) is 0.727. The Morgan fingerprint density at radius 3 is 2.38 bits per heavy atom. The van der Waals surface area contributed by atoms with Gasteiger partial charge in [0.1, 0.15) is 0 Å². The minimum Gasteiger partial charge on any atom is -0.395 e. The van der Waals surface area contributed by atoms with Crippen molar-refractivity contribution in [3.05, 3.63) is 35.4 Å². The fourth-order valence-corrected chi connectivity index (χ4v) is 5.13. The van der Waals surface area contributed by atoms with Crippen LogP contribution in [0.2, 0.25) is 0 Å². The average Bonchev–Trinajstić information content (AvgIpc) is 3.32. The predicted octanol–water partition coefficient (Wildman–Crippen LogP) is 2.34. The number of rotatable bonds is 7. The molecule has 3 aliphatic rings. The Labute approximate surface area is 158 Å². The van der Waals surface area contributed by atoms with Gasteiger partial charge in [-0.1, -0.05) is 24.3 Å². The van der Waals surface area contributed by atoms with Gasteiger partial charge in [-0.25, -0.2) is 0 Å². The summed E-state index contributed by atoms with van der Waals surface area (Å²) in [6.07, 6.45) is 7.81. The molecular formula is C22H34N2O2.